The maximum atomic E-state index is 9.03. The number of benzene rings is 1. The maximum Gasteiger partial charge on any atom is 0.101 e. The molecule has 1 N–H and O–H groups in total. The summed E-state index contributed by atoms with van der Waals surface area (Å²) in [5.74, 6) is 0. The summed E-state index contributed by atoms with van der Waals surface area (Å²) in [5, 5.41) is 9.96. The first-order valence-corrected chi connectivity index (χ1v) is 7.28. The van der Waals surface area contributed by atoms with Crippen LogP contribution in [-0.2, 0) is 6.61 Å². The van der Waals surface area contributed by atoms with Crippen LogP contribution in [0.5, 0.6) is 0 Å². The maximum absolute atomic E-state index is 9.03. The van der Waals surface area contributed by atoms with Crippen molar-refractivity contribution in [2.24, 2.45) is 0 Å². The largest absolute Gasteiger partial charge is 0.392 e. The van der Waals surface area contributed by atoms with Gasteiger partial charge in [-0.3, -0.25) is 0 Å². The predicted octanol–water partition coefficient (Wildman–Crippen LogP) is 4.25. The van der Waals surface area contributed by atoms with Crippen molar-refractivity contribution in [2.45, 2.75) is 16.5 Å². The Morgan fingerprint density at radius 1 is 1.18 bits per heavy atom. The third kappa shape index (κ3) is 3.55. The summed E-state index contributed by atoms with van der Waals surface area (Å²) in [4.78, 5) is 5.38. The molecule has 0 amide bonds. The fourth-order valence-corrected chi connectivity index (χ4v) is 2.92. The topological polar surface area (TPSA) is 33.1 Å². The molecule has 0 spiro atoms. The zero-order chi connectivity index (χ0) is 12.3. The van der Waals surface area contributed by atoms with Gasteiger partial charge in [0, 0.05) is 20.0 Å². The van der Waals surface area contributed by atoms with Crippen molar-refractivity contribution >= 4 is 43.6 Å². The van der Waals surface area contributed by atoms with Crippen LogP contribution in [0.15, 0.2) is 55.4 Å². The molecule has 2 rings (SSSR count). The van der Waals surface area contributed by atoms with Crippen molar-refractivity contribution in [2.75, 3.05) is 0 Å². The molecule has 88 valence electrons. The Morgan fingerprint density at radius 3 is 2.59 bits per heavy atom. The second-order valence-electron chi connectivity index (χ2n) is 3.34. The van der Waals surface area contributed by atoms with Gasteiger partial charge >= 0.3 is 0 Å². The summed E-state index contributed by atoms with van der Waals surface area (Å²) in [6, 6.07) is 9.73. The van der Waals surface area contributed by atoms with E-state index in [0.29, 0.717) is 0 Å². The third-order valence-electron chi connectivity index (χ3n) is 2.09. The lowest BCUT2D eigenvalue weighted by Gasteiger charge is -2.05. The number of pyridine rings is 1. The lowest BCUT2D eigenvalue weighted by Crippen LogP contribution is -1.85. The monoisotopic (exact) mass is 373 g/mol. The molecule has 0 fully saturated rings. The van der Waals surface area contributed by atoms with Gasteiger partial charge < -0.3 is 5.11 Å². The van der Waals surface area contributed by atoms with E-state index in [9.17, 15) is 0 Å². The molecule has 1 heterocycles. The second-order valence-corrected chi connectivity index (χ2v) is 6.17. The first kappa shape index (κ1) is 13.1. The van der Waals surface area contributed by atoms with Crippen molar-refractivity contribution in [3.8, 4) is 0 Å². The zero-order valence-electron chi connectivity index (χ0n) is 8.73. The number of halogens is 2. The molecule has 0 saturated heterocycles. The van der Waals surface area contributed by atoms with Gasteiger partial charge in [0.25, 0.3) is 0 Å². The highest BCUT2D eigenvalue weighted by Crippen LogP contribution is 2.33. The molecule has 1 aromatic heterocycles. The van der Waals surface area contributed by atoms with Crippen molar-refractivity contribution in [1.29, 1.82) is 0 Å². The smallest absolute Gasteiger partial charge is 0.101 e. The number of rotatable bonds is 3. The average molecular weight is 375 g/mol. The zero-order valence-corrected chi connectivity index (χ0v) is 12.7. The number of hydrogen-bond acceptors (Lipinski definition) is 3. The summed E-state index contributed by atoms with van der Waals surface area (Å²) in [6.45, 7) is 0.0556. The van der Waals surface area contributed by atoms with E-state index < -0.39 is 0 Å². The molecule has 0 saturated carbocycles. The Kier molecular flexibility index (Phi) is 4.62. The predicted molar refractivity (Wildman–Crippen MR) is 76.1 cm³/mol. The summed E-state index contributed by atoms with van der Waals surface area (Å²) >= 11 is 8.43. The minimum Gasteiger partial charge on any atom is -0.392 e. The number of aliphatic hydroxyl groups excluding tert-OH is 1. The Labute approximate surface area is 121 Å². The van der Waals surface area contributed by atoms with Crippen LogP contribution in [0.25, 0.3) is 0 Å². The van der Waals surface area contributed by atoms with E-state index in [1.807, 2.05) is 30.3 Å². The third-order valence-corrected chi connectivity index (χ3v) is 4.51. The highest BCUT2D eigenvalue weighted by Gasteiger charge is 2.04. The Hall–Kier alpha value is -0.360. The average Bonchev–Trinajstić information content (AvgIpc) is 2.34. The molecule has 0 aliphatic carbocycles. The van der Waals surface area contributed by atoms with E-state index >= 15 is 0 Å². The minimum absolute atomic E-state index is 0.0556. The van der Waals surface area contributed by atoms with Gasteiger partial charge in [0.05, 0.1) is 6.61 Å². The van der Waals surface area contributed by atoms with Crippen LogP contribution in [0, 0.1) is 0 Å². The Balaban J connectivity index is 2.21. The van der Waals surface area contributed by atoms with Gasteiger partial charge in [0.15, 0.2) is 0 Å². The van der Waals surface area contributed by atoms with Crippen LogP contribution in [-0.4, -0.2) is 10.1 Å². The van der Waals surface area contributed by atoms with Crippen molar-refractivity contribution in [1.82, 2.24) is 4.98 Å². The fraction of sp³-hybridized carbons (Fsp3) is 0.0833. The highest BCUT2D eigenvalue weighted by molar-refractivity contribution is 9.10. The molecule has 1 aromatic carbocycles. The number of aromatic nitrogens is 1. The molecule has 0 aliphatic rings. The van der Waals surface area contributed by atoms with Gasteiger partial charge in [-0.1, -0.05) is 17.8 Å². The summed E-state index contributed by atoms with van der Waals surface area (Å²) in [5.41, 5.74) is 0.894. The normalized spacial score (nSPS) is 10.5. The van der Waals surface area contributed by atoms with E-state index in [-0.39, 0.29) is 6.61 Å². The first-order chi connectivity index (χ1) is 8.19. The number of aliphatic hydroxyl groups is 1. The van der Waals surface area contributed by atoms with Gasteiger partial charge in [0.2, 0.25) is 0 Å². The lowest BCUT2D eigenvalue weighted by molar-refractivity contribution is 0.281. The van der Waals surface area contributed by atoms with Gasteiger partial charge in [0.1, 0.15) is 5.03 Å². The van der Waals surface area contributed by atoms with Crippen molar-refractivity contribution in [3.05, 3.63) is 51.0 Å². The molecule has 0 aliphatic heterocycles. The van der Waals surface area contributed by atoms with Gasteiger partial charge in [-0.15, -0.1) is 0 Å². The summed E-state index contributed by atoms with van der Waals surface area (Å²) in [6.07, 6.45) is 1.78. The van der Waals surface area contributed by atoms with Gasteiger partial charge in [-0.25, -0.2) is 4.98 Å². The molecule has 2 nitrogen and oxygen atoms in total. The SMILES string of the molecule is OCc1ccc(Sc2ccc(Br)cn2)c(Br)c1. The molecule has 0 unspecified atom stereocenters. The van der Waals surface area contributed by atoms with Crippen LogP contribution in [0.3, 0.4) is 0 Å². The van der Waals surface area contributed by atoms with E-state index in [2.05, 4.69) is 36.8 Å². The van der Waals surface area contributed by atoms with E-state index in [1.54, 1.807) is 18.0 Å². The van der Waals surface area contributed by atoms with Crippen LogP contribution in [0.2, 0.25) is 0 Å². The Bertz CT molecular complexity index is 516. The summed E-state index contributed by atoms with van der Waals surface area (Å²) in [7, 11) is 0. The van der Waals surface area contributed by atoms with E-state index in [0.717, 1.165) is 24.4 Å². The van der Waals surface area contributed by atoms with Crippen molar-refractivity contribution in [3.63, 3.8) is 0 Å². The Morgan fingerprint density at radius 2 is 2.00 bits per heavy atom. The van der Waals surface area contributed by atoms with Gasteiger partial charge in [-0.05, 0) is 61.7 Å². The van der Waals surface area contributed by atoms with Crippen LogP contribution in [0.4, 0.5) is 0 Å². The van der Waals surface area contributed by atoms with E-state index in [4.69, 9.17) is 5.11 Å². The van der Waals surface area contributed by atoms with Crippen LogP contribution < -0.4 is 0 Å². The molecule has 5 heteroatoms. The summed E-state index contributed by atoms with van der Waals surface area (Å²) < 4.78 is 1.94. The highest BCUT2D eigenvalue weighted by atomic mass is 79.9. The fourth-order valence-electron chi connectivity index (χ4n) is 1.26. The molecular weight excluding hydrogens is 366 g/mol. The number of hydrogen-bond donors (Lipinski definition) is 1. The van der Waals surface area contributed by atoms with Crippen LogP contribution in [0.1, 0.15) is 5.56 Å². The van der Waals surface area contributed by atoms with Gasteiger partial charge in [-0.2, -0.15) is 0 Å². The molecule has 2 aromatic rings. The van der Waals surface area contributed by atoms with Crippen LogP contribution >= 0.6 is 43.6 Å². The molecule has 17 heavy (non-hydrogen) atoms. The molecule has 0 radical (unpaired) electrons. The molecule has 0 atom stereocenters. The minimum atomic E-state index is 0.0556. The number of nitrogens with zero attached hydrogens (tertiary/aromatic N) is 1. The standard InChI is InChI=1S/C12H9Br2NOS/c13-9-2-4-12(15-6-9)17-11-3-1-8(7-16)5-10(11)14/h1-6,16H,7H2. The van der Waals surface area contributed by atoms with E-state index in [1.165, 1.54) is 0 Å². The first-order valence-electron chi connectivity index (χ1n) is 4.88. The molecule has 0 bridgehead atoms. The molecular formula is C12H9Br2NOS. The van der Waals surface area contributed by atoms with Crippen molar-refractivity contribution < 1.29 is 5.11 Å². The second kappa shape index (κ2) is 6.00. The quantitative estimate of drug-likeness (QED) is 0.871. The lowest BCUT2D eigenvalue weighted by atomic mass is 10.2.